The van der Waals surface area contributed by atoms with E-state index in [4.69, 9.17) is 14.2 Å². The van der Waals surface area contributed by atoms with Crippen LogP contribution in [0.5, 0.6) is 0 Å². The second-order valence-electron chi connectivity index (χ2n) is 9.15. The van der Waals surface area contributed by atoms with E-state index in [1.54, 1.807) is 7.11 Å². The Bertz CT molecular complexity index is 666. The van der Waals surface area contributed by atoms with E-state index in [0.717, 1.165) is 53.9 Å². The van der Waals surface area contributed by atoms with Crippen molar-refractivity contribution in [1.29, 1.82) is 0 Å². The average molecular weight is 445 g/mol. The van der Waals surface area contributed by atoms with Crippen LogP contribution in [-0.2, 0) is 14.2 Å². The minimum absolute atomic E-state index is 0.279. The molecule has 0 N–H and O–H groups in total. The summed E-state index contributed by atoms with van der Waals surface area (Å²) < 4.78 is 16.8. The number of allylic oxidation sites excluding steroid dienone is 7. The van der Waals surface area contributed by atoms with Crippen LogP contribution in [0.25, 0.3) is 0 Å². The van der Waals surface area contributed by atoms with Crippen LogP contribution in [0.3, 0.4) is 0 Å². The van der Waals surface area contributed by atoms with Gasteiger partial charge >= 0.3 is 0 Å². The van der Waals surface area contributed by atoms with Crippen molar-refractivity contribution in [2.24, 2.45) is 17.8 Å². The fraction of sp³-hybridized carbons (Fsp3) is 0.586. The molecule has 0 aliphatic carbocycles. The second-order valence-corrected chi connectivity index (χ2v) is 9.15. The van der Waals surface area contributed by atoms with Gasteiger partial charge in [0.05, 0.1) is 12.7 Å². The SMILES string of the molecule is C=C(/C=C\C(=C)C(C)CCC(C)C(C)OCC(C)C)C(=C)/C=C(/OCCOC)C(=C)CC. The normalized spacial score (nSPS) is 14.9. The van der Waals surface area contributed by atoms with Gasteiger partial charge in [-0.1, -0.05) is 78.7 Å². The summed E-state index contributed by atoms with van der Waals surface area (Å²) in [5.74, 6) is 2.23. The topological polar surface area (TPSA) is 27.7 Å². The van der Waals surface area contributed by atoms with Crippen molar-refractivity contribution in [2.75, 3.05) is 26.9 Å². The van der Waals surface area contributed by atoms with Crippen molar-refractivity contribution in [3.05, 3.63) is 72.6 Å². The molecule has 3 unspecified atom stereocenters. The van der Waals surface area contributed by atoms with Gasteiger partial charge < -0.3 is 14.2 Å². The predicted octanol–water partition coefficient (Wildman–Crippen LogP) is 7.84. The highest BCUT2D eigenvalue weighted by atomic mass is 16.5. The highest BCUT2D eigenvalue weighted by Gasteiger charge is 2.15. The lowest BCUT2D eigenvalue weighted by atomic mass is 9.90. The molecule has 0 aromatic heterocycles. The minimum atomic E-state index is 0.279. The van der Waals surface area contributed by atoms with Crippen molar-refractivity contribution < 1.29 is 14.2 Å². The number of methoxy groups -OCH3 is 1. The Morgan fingerprint density at radius 3 is 2.09 bits per heavy atom. The molecule has 0 aliphatic rings. The van der Waals surface area contributed by atoms with Gasteiger partial charge in [-0.2, -0.15) is 0 Å². The van der Waals surface area contributed by atoms with E-state index in [2.05, 4.69) is 73.9 Å². The number of hydrogen-bond acceptors (Lipinski definition) is 3. The summed E-state index contributed by atoms with van der Waals surface area (Å²) in [6, 6.07) is 0. The Labute approximate surface area is 198 Å². The molecule has 3 atom stereocenters. The summed E-state index contributed by atoms with van der Waals surface area (Å²) in [6.07, 6.45) is 9.22. The summed E-state index contributed by atoms with van der Waals surface area (Å²) in [7, 11) is 1.66. The van der Waals surface area contributed by atoms with Gasteiger partial charge in [0, 0.05) is 13.7 Å². The van der Waals surface area contributed by atoms with Crippen LogP contribution in [0.1, 0.15) is 60.8 Å². The minimum Gasteiger partial charge on any atom is -0.491 e. The van der Waals surface area contributed by atoms with Gasteiger partial charge in [-0.25, -0.2) is 0 Å². The second kappa shape index (κ2) is 16.7. The van der Waals surface area contributed by atoms with Gasteiger partial charge in [0.25, 0.3) is 0 Å². The van der Waals surface area contributed by atoms with Gasteiger partial charge in [-0.05, 0) is 66.7 Å². The Morgan fingerprint density at radius 1 is 0.875 bits per heavy atom. The van der Waals surface area contributed by atoms with Crippen LogP contribution in [0.15, 0.2) is 72.6 Å². The lowest BCUT2D eigenvalue weighted by molar-refractivity contribution is 0.0119. The highest BCUT2D eigenvalue weighted by Crippen LogP contribution is 2.24. The third-order valence-electron chi connectivity index (χ3n) is 5.72. The van der Waals surface area contributed by atoms with Gasteiger partial charge in [-0.3, -0.25) is 0 Å². The van der Waals surface area contributed by atoms with Gasteiger partial charge in [0.1, 0.15) is 12.4 Å². The molecule has 0 fully saturated rings. The van der Waals surface area contributed by atoms with Crippen molar-refractivity contribution in [3.63, 3.8) is 0 Å². The van der Waals surface area contributed by atoms with E-state index in [-0.39, 0.29) is 6.10 Å². The van der Waals surface area contributed by atoms with Crippen LogP contribution < -0.4 is 0 Å². The molecule has 182 valence electrons. The summed E-state index contributed by atoms with van der Waals surface area (Å²) in [5, 5.41) is 0. The monoisotopic (exact) mass is 444 g/mol. The maximum absolute atomic E-state index is 5.96. The van der Waals surface area contributed by atoms with Crippen LogP contribution in [0.2, 0.25) is 0 Å². The fourth-order valence-electron chi connectivity index (χ4n) is 2.83. The van der Waals surface area contributed by atoms with Crippen LogP contribution in [0.4, 0.5) is 0 Å². The van der Waals surface area contributed by atoms with E-state index in [1.165, 1.54) is 0 Å². The lowest BCUT2D eigenvalue weighted by Gasteiger charge is -2.23. The molecule has 32 heavy (non-hydrogen) atoms. The predicted molar refractivity (Wildman–Crippen MR) is 140 cm³/mol. The van der Waals surface area contributed by atoms with Crippen LogP contribution >= 0.6 is 0 Å². The molecule has 3 nitrogen and oxygen atoms in total. The van der Waals surface area contributed by atoms with E-state index >= 15 is 0 Å². The third-order valence-corrected chi connectivity index (χ3v) is 5.72. The summed E-state index contributed by atoms with van der Waals surface area (Å²) in [4.78, 5) is 0. The molecule has 0 aromatic carbocycles. The van der Waals surface area contributed by atoms with Crippen molar-refractivity contribution >= 4 is 0 Å². The molecule has 3 heteroatoms. The highest BCUT2D eigenvalue weighted by molar-refractivity contribution is 5.47. The van der Waals surface area contributed by atoms with E-state index in [9.17, 15) is 0 Å². The number of hydrogen-bond donors (Lipinski definition) is 0. The quantitative estimate of drug-likeness (QED) is 0.122. The van der Waals surface area contributed by atoms with Gasteiger partial charge in [0.15, 0.2) is 0 Å². The Balaban J connectivity index is 4.77. The molecule has 0 saturated heterocycles. The molecule has 0 heterocycles. The first-order chi connectivity index (χ1) is 15.0. The maximum atomic E-state index is 5.96. The Hall–Kier alpha value is -1.84. The first kappa shape index (κ1) is 30.2. The lowest BCUT2D eigenvalue weighted by Crippen LogP contribution is -2.21. The molecule has 0 spiro atoms. The van der Waals surface area contributed by atoms with E-state index in [0.29, 0.717) is 31.0 Å². The number of rotatable bonds is 18. The molecule has 0 aliphatic heterocycles. The summed E-state index contributed by atoms with van der Waals surface area (Å²) in [5.41, 5.74) is 3.66. The zero-order valence-corrected chi connectivity index (χ0v) is 21.8. The van der Waals surface area contributed by atoms with E-state index < -0.39 is 0 Å². The molecular weight excluding hydrogens is 396 g/mol. The molecule has 0 bridgehead atoms. The van der Waals surface area contributed by atoms with Crippen LogP contribution in [-0.4, -0.2) is 33.0 Å². The van der Waals surface area contributed by atoms with E-state index in [1.807, 2.05) is 12.2 Å². The fourth-order valence-corrected chi connectivity index (χ4v) is 2.83. The summed E-state index contributed by atoms with van der Waals surface area (Å²) in [6.45, 7) is 31.6. The molecule has 0 radical (unpaired) electrons. The smallest absolute Gasteiger partial charge is 0.122 e. The average Bonchev–Trinajstić information content (AvgIpc) is 2.77. The third kappa shape index (κ3) is 12.9. The van der Waals surface area contributed by atoms with Gasteiger partial charge in [0.2, 0.25) is 0 Å². The zero-order chi connectivity index (χ0) is 24.7. The molecule has 0 saturated carbocycles. The van der Waals surface area contributed by atoms with Crippen LogP contribution in [0, 0.1) is 17.8 Å². The Kier molecular flexibility index (Phi) is 15.8. The van der Waals surface area contributed by atoms with Crippen molar-refractivity contribution in [3.8, 4) is 0 Å². The molecule has 0 amide bonds. The molecule has 0 aromatic rings. The standard InChI is InChI=1S/C29H48O3/c1-12-22(4)29(31-18-17-30-11)19-27(9)25(7)14-13-23(5)24(6)15-16-26(8)28(10)32-20-21(2)3/h13-14,19,21,24,26,28H,4-5,7,9,12,15-18,20H2,1-3,6,8,10-11H3/b14-13-,29-19+. The molecule has 0 rings (SSSR count). The van der Waals surface area contributed by atoms with Crippen molar-refractivity contribution in [2.45, 2.75) is 66.9 Å². The Morgan fingerprint density at radius 2 is 1.53 bits per heavy atom. The first-order valence-corrected chi connectivity index (χ1v) is 11.9. The largest absolute Gasteiger partial charge is 0.491 e. The maximum Gasteiger partial charge on any atom is 0.122 e. The number of ether oxygens (including phenoxy) is 3. The van der Waals surface area contributed by atoms with Crippen molar-refractivity contribution in [1.82, 2.24) is 0 Å². The summed E-state index contributed by atoms with van der Waals surface area (Å²) >= 11 is 0. The molecular formula is C29H48O3. The zero-order valence-electron chi connectivity index (χ0n) is 21.8. The first-order valence-electron chi connectivity index (χ1n) is 11.9. The van der Waals surface area contributed by atoms with Gasteiger partial charge in [-0.15, -0.1) is 0 Å².